The highest BCUT2D eigenvalue weighted by Gasteiger charge is 2.38. The summed E-state index contributed by atoms with van der Waals surface area (Å²) in [5, 5.41) is 13.0. The van der Waals surface area contributed by atoms with Crippen molar-refractivity contribution < 1.29 is 14.6 Å². The fraction of sp³-hybridized carbons (Fsp3) is 0.909. The zero-order valence-electron chi connectivity index (χ0n) is 10.3. The number of likely N-dealkylation sites (tertiary alicyclic amines) is 1. The first-order valence-corrected chi connectivity index (χ1v) is 5.91. The second kappa shape index (κ2) is 5.50. The highest BCUT2D eigenvalue weighted by molar-refractivity contribution is 5.68. The van der Waals surface area contributed by atoms with E-state index in [9.17, 15) is 9.90 Å². The van der Waals surface area contributed by atoms with Crippen molar-refractivity contribution in [2.75, 3.05) is 20.2 Å². The maximum absolute atomic E-state index is 11.7. The van der Waals surface area contributed by atoms with Gasteiger partial charge in [-0.2, -0.15) is 0 Å². The van der Waals surface area contributed by atoms with Crippen LogP contribution in [0.3, 0.4) is 0 Å². The van der Waals surface area contributed by atoms with E-state index >= 15 is 0 Å². The number of hydrogen-bond acceptors (Lipinski definition) is 4. The molecule has 1 saturated heterocycles. The van der Waals surface area contributed by atoms with Gasteiger partial charge in [-0.25, -0.2) is 4.79 Å². The average Bonchev–Trinajstić information content (AvgIpc) is 2.29. The van der Waals surface area contributed by atoms with Gasteiger partial charge >= 0.3 is 6.09 Å². The van der Waals surface area contributed by atoms with Crippen LogP contribution in [0.1, 0.15) is 33.1 Å². The van der Waals surface area contributed by atoms with Crippen molar-refractivity contribution in [3.63, 3.8) is 0 Å². The lowest BCUT2D eigenvalue weighted by Gasteiger charge is -2.42. The first kappa shape index (κ1) is 13.3. The van der Waals surface area contributed by atoms with Crippen LogP contribution < -0.4 is 5.32 Å². The van der Waals surface area contributed by atoms with E-state index in [1.54, 1.807) is 18.9 Å². The van der Waals surface area contributed by atoms with Gasteiger partial charge in [0.25, 0.3) is 0 Å². The van der Waals surface area contributed by atoms with E-state index in [0.29, 0.717) is 26.0 Å². The molecule has 16 heavy (non-hydrogen) atoms. The van der Waals surface area contributed by atoms with Crippen LogP contribution in [0.4, 0.5) is 4.79 Å². The number of carbonyl (C=O) groups excluding carboxylic acids is 1. The Hall–Kier alpha value is -0.810. The monoisotopic (exact) mass is 230 g/mol. The molecule has 0 aliphatic carbocycles. The summed E-state index contributed by atoms with van der Waals surface area (Å²) in [5.74, 6) is 0. The molecule has 5 nitrogen and oxygen atoms in total. The van der Waals surface area contributed by atoms with Crippen LogP contribution in [0.25, 0.3) is 0 Å². The maximum Gasteiger partial charge on any atom is 0.409 e. The van der Waals surface area contributed by atoms with Crippen LogP contribution in [0.15, 0.2) is 0 Å². The Bertz CT molecular complexity index is 247. The SMILES string of the molecule is CCOC(=O)N1CCC(O)(NC)CC1CC. The Morgan fingerprint density at radius 3 is 2.81 bits per heavy atom. The number of nitrogens with zero attached hydrogens (tertiary/aromatic N) is 1. The van der Waals surface area contributed by atoms with Crippen LogP contribution in [0.5, 0.6) is 0 Å². The van der Waals surface area contributed by atoms with Crippen LogP contribution in [-0.4, -0.2) is 48.1 Å². The summed E-state index contributed by atoms with van der Waals surface area (Å²) in [6.07, 6.45) is 1.65. The Labute approximate surface area is 96.8 Å². The summed E-state index contributed by atoms with van der Waals surface area (Å²) < 4.78 is 5.00. The summed E-state index contributed by atoms with van der Waals surface area (Å²) >= 11 is 0. The second-order valence-electron chi connectivity index (χ2n) is 4.19. The Morgan fingerprint density at radius 1 is 1.62 bits per heavy atom. The van der Waals surface area contributed by atoms with E-state index in [-0.39, 0.29) is 12.1 Å². The van der Waals surface area contributed by atoms with E-state index in [2.05, 4.69) is 5.32 Å². The van der Waals surface area contributed by atoms with Crippen LogP contribution in [0, 0.1) is 0 Å². The summed E-state index contributed by atoms with van der Waals surface area (Å²) in [6, 6.07) is 0.0465. The first-order chi connectivity index (χ1) is 7.56. The third-order valence-corrected chi connectivity index (χ3v) is 3.22. The van der Waals surface area contributed by atoms with Crippen molar-refractivity contribution in [3.8, 4) is 0 Å². The Morgan fingerprint density at radius 2 is 2.31 bits per heavy atom. The van der Waals surface area contributed by atoms with Crippen LogP contribution >= 0.6 is 0 Å². The number of ether oxygens (including phenoxy) is 1. The molecule has 0 radical (unpaired) electrons. The second-order valence-corrected chi connectivity index (χ2v) is 4.19. The number of nitrogens with one attached hydrogen (secondary N) is 1. The molecule has 0 aromatic rings. The third-order valence-electron chi connectivity index (χ3n) is 3.22. The minimum atomic E-state index is -0.844. The number of carbonyl (C=O) groups is 1. The van der Waals surface area contributed by atoms with Crippen molar-refractivity contribution in [2.24, 2.45) is 0 Å². The van der Waals surface area contributed by atoms with Crippen molar-refractivity contribution in [2.45, 2.75) is 44.9 Å². The van der Waals surface area contributed by atoms with Crippen LogP contribution in [-0.2, 0) is 4.74 Å². The lowest BCUT2D eigenvalue weighted by atomic mass is 9.92. The topological polar surface area (TPSA) is 61.8 Å². The molecule has 1 amide bonds. The molecule has 1 heterocycles. The number of rotatable bonds is 3. The summed E-state index contributed by atoms with van der Waals surface area (Å²) in [5.41, 5.74) is -0.844. The largest absolute Gasteiger partial charge is 0.450 e. The third kappa shape index (κ3) is 2.86. The molecule has 2 N–H and O–H groups in total. The van der Waals surface area contributed by atoms with Gasteiger partial charge in [-0.15, -0.1) is 0 Å². The zero-order chi connectivity index (χ0) is 12.2. The number of hydrogen-bond donors (Lipinski definition) is 2. The normalized spacial score (nSPS) is 30.2. The summed E-state index contributed by atoms with van der Waals surface area (Å²) in [7, 11) is 1.74. The number of aliphatic hydroxyl groups is 1. The van der Waals surface area contributed by atoms with Gasteiger partial charge in [-0.1, -0.05) is 6.92 Å². The molecule has 94 valence electrons. The minimum Gasteiger partial charge on any atom is -0.450 e. The van der Waals surface area contributed by atoms with Gasteiger partial charge in [0.1, 0.15) is 5.72 Å². The van der Waals surface area contributed by atoms with Crippen molar-refractivity contribution in [1.29, 1.82) is 0 Å². The van der Waals surface area contributed by atoms with E-state index < -0.39 is 5.72 Å². The Kier molecular flexibility index (Phi) is 4.56. The van der Waals surface area contributed by atoms with Crippen LogP contribution in [0.2, 0.25) is 0 Å². The van der Waals surface area contributed by atoms with E-state index in [1.165, 1.54) is 0 Å². The molecule has 0 bridgehead atoms. The molecule has 5 heteroatoms. The maximum atomic E-state index is 11.7. The van der Waals surface area contributed by atoms with Gasteiger partial charge in [-0.3, -0.25) is 5.32 Å². The van der Waals surface area contributed by atoms with Gasteiger partial charge in [0.2, 0.25) is 0 Å². The quantitative estimate of drug-likeness (QED) is 0.708. The van der Waals surface area contributed by atoms with Gasteiger partial charge in [0.15, 0.2) is 0 Å². The van der Waals surface area contributed by atoms with Gasteiger partial charge < -0.3 is 14.7 Å². The van der Waals surface area contributed by atoms with Crippen molar-refractivity contribution >= 4 is 6.09 Å². The minimum absolute atomic E-state index is 0.0465. The highest BCUT2D eigenvalue weighted by Crippen LogP contribution is 2.26. The molecule has 0 aromatic carbocycles. The molecule has 2 unspecified atom stereocenters. The molecule has 0 saturated carbocycles. The average molecular weight is 230 g/mol. The lowest BCUT2D eigenvalue weighted by molar-refractivity contribution is -0.0625. The summed E-state index contributed by atoms with van der Waals surface area (Å²) in [6.45, 7) is 4.74. The molecule has 0 spiro atoms. The molecule has 1 rings (SSSR count). The highest BCUT2D eigenvalue weighted by atomic mass is 16.6. The van der Waals surface area contributed by atoms with Crippen molar-refractivity contribution in [1.82, 2.24) is 10.2 Å². The number of amides is 1. The van der Waals surface area contributed by atoms with Gasteiger partial charge in [0, 0.05) is 25.4 Å². The molecular weight excluding hydrogens is 208 g/mol. The molecular formula is C11H22N2O3. The summed E-state index contributed by atoms with van der Waals surface area (Å²) in [4.78, 5) is 13.4. The predicted molar refractivity (Wildman–Crippen MR) is 61.1 cm³/mol. The Balaban J connectivity index is 2.65. The molecule has 1 aliphatic rings. The van der Waals surface area contributed by atoms with E-state index in [0.717, 1.165) is 6.42 Å². The standard InChI is InChI=1S/C11H22N2O3/c1-4-9-8-11(15,12-3)6-7-13(9)10(14)16-5-2/h9,12,15H,4-8H2,1-3H3. The zero-order valence-corrected chi connectivity index (χ0v) is 10.3. The first-order valence-electron chi connectivity index (χ1n) is 5.91. The predicted octanol–water partition coefficient (Wildman–Crippen LogP) is 0.925. The molecule has 1 aliphatic heterocycles. The smallest absolute Gasteiger partial charge is 0.409 e. The van der Waals surface area contributed by atoms with E-state index in [4.69, 9.17) is 4.74 Å². The molecule has 2 atom stereocenters. The number of piperidine rings is 1. The molecule has 1 fully saturated rings. The van der Waals surface area contributed by atoms with Gasteiger partial charge in [-0.05, 0) is 20.4 Å². The fourth-order valence-electron chi connectivity index (χ4n) is 2.13. The van der Waals surface area contributed by atoms with Gasteiger partial charge in [0.05, 0.1) is 6.61 Å². The lowest BCUT2D eigenvalue weighted by Crippen LogP contribution is -2.57. The fourth-order valence-corrected chi connectivity index (χ4v) is 2.13. The molecule has 0 aromatic heterocycles. The van der Waals surface area contributed by atoms with E-state index in [1.807, 2.05) is 6.92 Å². The van der Waals surface area contributed by atoms with Crippen molar-refractivity contribution in [3.05, 3.63) is 0 Å².